The van der Waals surface area contributed by atoms with E-state index in [1.807, 2.05) is 66.7 Å². The van der Waals surface area contributed by atoms with Crippen LogP contribution in [0, 0.1) is 5.92 Å². The summed E-state index contributed by atoms with van der Waals surface area (Å²) in [5, 5.41) is 6.80. The van der Waals surface area contributed by atoms with Crippen molar-refractivity contribution in [2.45, 2.75) is 93.2 Å². The number of sulfonamides is 1. The first kappa shape index (κ1) is 32.6. The minimum Gasteiger partial charge on any atom is -0.465 e. The Morgan fingerprint density at radius 3 is 2.60 bits per heavy atom. The van der Waals surface area contributed by atoms with Crippen molar-refractivity contribution in [3.8, 4) is 5.19 Å². The fourth-order valence-corrected chi connectivity index (χ4v) is 8.92. The highest BCUT2D eigenvalue weighted by atomic mass is 32.2. The first-order chi connectivity index (χ1) is 23.1. The first-order valence-corrected chi connectivity index (χ1v) is 19.1. The van der Waals surface area contributed by atoms with Crippen LogP contribution in [0.15, 0.2) is 66.7 Å². The van der Waals surface area contributed by atoms with Gasteiger partial charge in [0.05, 0.1) is 21.5 Å². The summed E-state index contributed by atoms with van der Waals surface area (Å²) in [7, 11) is -3.92. The predicted octanol–water partition coefficient (Wildman–Crippen LogP) is 4.52. The number of ether oxygens (including phenoxy) is 1. The molecular weight excluding hydrogens is 651 g/mol. The number of benzene rings is 2. The zero-order chi connectivity index (χ0) is 33.5. The number of rotatable bonds is 7. The lowest BCUT2D eigenvalue weighted by atomic mass is 10.0. The third kappa shape index (κ3) is 6.54. The van der Waals surface area contributed by atoms with E-state index in [0.717, 1.165) is 41.6 Å². The molecule has 13 heteroatoms. The number of aromatic nitrogens is 1. The minimum atomic E-state index is -3.92. The Bertz CT molecular complexity index is 1810. The van der Waals surface area contributed by atoms with Crippen LogP contribution in [0.3, 0.4) is 0 Å². The Morgan fingerprint density at radius 1 is 1.06 bits per heavy atom. The topological polar surface area (TPSA) is 147 Å². The normalized spacial score (nSPS) is 29.4. The van der Waals surface area contributed by atoms with E-state index >= 15 is 0 Å². The summed E-state index contributed by atoms with van der Waals surface area (Å²) in [6, 6.07) is 15.7. The van der Waals surface area contributed by atoms with Gasteiger partial charge in [-0.2, -0.15) is 0 Å². The van der Waals surface area contributed by atoms with Crippen molar-refractivity contribution in [2.24, 2.45) is 5.92 Å². The lowest BCUT2D eigenvalue weighted by molar-refractivity contribution is -0.140. The van der Waals surface area contributed by atoms with Crippen molar-refractivity contribution in [2.75, 3.05) is 11.9 Å². The third-order valence-corrected chi connectivity index (χ3v) is 13.2. The molecule has 1 saturated heterocycles. The van der Waals surface area contributed by atoms with Crippen LogP contribution >= 0.6 is 11.3 Å². The molecule has 11 nitrogen and oxygen atoms in total. The van der Waals surface area contributed by atoms with E-state index in [-0.39, 0.29) is 31.2 Å². The number of carbonyl (C=O) groups excluding carboxylic acids is 3. The second kappa shape index (κ2) is 12.8. The van der Waals surface area contributed by atoms with Crippen LogP contribution in [-0.2, 0) is 24.4 Å². The molecule has 4 aliphatic rings. The summed E-state index contributed by atoms with van der Waals surface area (Å²) >= 11 is 1.40. The molecule has 3 fully saturated rings. The van der Waals surface area contributed by atoms with E-state index < -0.39 is 50.3 Å². The van der Waals surface area contributed by atoms with Gasteiger partial charge < -0.3 is 20.3 Å². The number of thiazole rings is 1. The van der Waals surface area contributed by atoms with Crippen molar-refractivity contribution < 1.29 is 27.5 Å². The summed E-state index contributed by atoms with van der Waals surface area (Å²) in [4.78, 5) is 48.6. The molecule has 7 rings (SSSR count). The number of para-hydroxylation sites is 2. The zero-order valence-electron chi connectivity index (χ0n) is 26.9. The van der Waals surface area contributed by atoms with Gasteiger partial charge in [-0.05, 0) is 69.7 Å². The number of carbonyl (C=O) groups is 3. The van der Waals surface area contributed by atoms with Crippen LogP contribution in [-0.4, -0.2) is 71.0 Å². The maximum absolute atomic E-state index is 14.4. The van der Waals surface area contributed by atoms with Gasteiger partial charge in [0.2, 0.25) is 21.8 Å². The molecule has 0 unspecified atom stereocenters. The van der Waals surface area contributed by atoms with Gasteiger partial charge in [0.15, 0.2) is 0 Å². The molecule has 3 heterocycles. The van der Waals surface area contributed by atoms with Crippen molar-refractivity contribution in [1.82, 2.24) is 19.9 Å². The Labute approximate surface area is 284 Å². The van der Waals surface area contributed by atoms with Crippen LogP contribution in [0.5, 0.6) is 5.19 Å². The Kier molecular flexibility index (Phi) is 8.69. The predicted molar refractivity (Wildman–Crippen MR) is 184 cm³/mol. The summed E-state index contributed by atoms with van der Waals surface area (Å²) < 4.78 is 34.7. The molecule has 1 aromatic heterocycles. The lowest BCUT2D eigenvalue weighted by Crippen LogP contribution is -2.58. The van der Waals surface area contributed by atoms with Gasteiger partial charge in [-0.1, -0.05) is 66.7 Å². The van der Waals surface area contributed by atoms with Gasteiger partial charge >= 0.3 is 0 Å². The molecule has 0 radical (unpaired) electrons. The minimum absolute atomic E-state index is 0.162. The molecule has 5 atom stereocenters. The lowest BCUT2D eigenvalue weighted by Gasteiger charge is -2.30. The third-order valence-electron chi connectivity index (χ3n) is 10.1. The quantitative estimate of drug-likeness (QED) is 0.307. The maximum Gasteiger partial charge on any atom is 0.274 e. The molecule has 0 bridgehead atoms. The fourth-order valence-electron chi connectivity index (χ4n) is 6.73. The molecule has 2 aliphatic carbocycles. The largest absolute Gasteiger partial charge is 0.465 e. The fraction of sp³-hybridized carbons (Fsp3) is 0.486. The van der Waals surface area contributed by atoms with Gasteiger partial charge in [0.1, 0.15) is 23.7 Å². The number of allylic oxidation sites excluding steroid dienone is 1. The number of anilines is 1. The summed E-state index contributed by atoms with van der Waals surface area (Å²) in [6.45, 7) is 1.78. The summed E-state index contributed by atoms with van der Waals surface area (Å²) in [5.41, 5.74) is 0.192. The Morgan fingerprint density at radius 2 is 1.83 bits per heavy atom. The molecule has 2 saturated carbocycles. The molecule has 3 amide bonds. The second-order valence-corrected chi connectivity index (χ2v) is 16.9. The number of amides is 3. The Hall–Kier alpha value is -3.97. The van der Waals surface area contributed by atoms with Crippen LogP contribution in [0.25, 0.3) is 10.2 Å². The zero-order valence-corrected chi connectivity index (χ0v) is 28.5. The number of nitrogens with one attached hydrogen (secondary N) is 3. The second-order valence-electron chi connectivity index (χ2n) is 13.7. The van der Waals surface area contributed by atoms with Crippen LogP contribution < -0.4 is 20.1 Å². The van der Waals surface area contributed by atoms with E-state index in [1.54, 1.807) is 11.8 Å². The molecule has 48 heavy (non-hydrogen) atoms. The highest BCUT2D eigenvalue weighted by molar-refractivity contribution is 7.91. The number of nitrogens with zero attached hydrogens (tertiary/aromatic N) is 2. The molecule has 3 aromatic rings. The van der Waals surface area contributed by atoms with Crippen molar-refractivity contribution >= 4 is 55.0 Å². The number of hydrogen-bond donors (Lipinski definition) is 3. The van der Waals surface area contributed by atoms with Gasteiger partial charge in [0.25, 0.3) is 11.1 Å². The summed E-state index contributed by atoms with van der Waals surface area (Å²) in [6.07, 6.45) is 8.82. The molecule has 3 N–H and O–H groups in total. The van der Waals surface area contributed by atoms with Crippen molar-refractivity contribution in [1.29, 1.82) is 0 Å². The molecule has 2 aliphatic heterocycles. The SMILES string of the molecule is CC1(S(=O)(=O)NC(=O)[C@@]23C[C@H]2/C=C\CCCCC[C@H](Nc2ccccc2)C(=O)N2C[C@H](Oc4nc5ccccc5s4)C[C@H]2C(=O)N3)CC1. The van der Waals surface area contributed by atoms with Crippen molar-refractivity contribution in [3.63, 3.8) is 0 Å². The Balaban J connectivity index is 1.18. The molecule has 0 spiro atoms. The van der Waals surface area contributed by atoms with E-state index in [1.165, 1.54) is 11.3 Å². The van der Waals surface area contributed by atoms with E-state index in [4.69, 9.17) is 4.74 Å². The highest BCUT2D eigenvalue weighted by Gasteiger charge is 2.63. The number of fused-ring (bicyclic) bond motifs is 3. The average molecular weight is 692 g/mol. The van der Waals surface area contributed by atoms with Crippen LogP contribution in [0.4, 0.5) is 5.69 Å². The highest BCUT2D eigenvalue weighted by Crippen LogP contribution is 2.47. The van der Waals surface area contributed by atoms with Gasteiger partial charge in [-0.3, -0.25) is 19.1 Å². The first-order valence-electron chi connectivity index (χ1n) is 16.8. The van der Waals surface area contributed by atoms with Gasteiger partial charge in [-0.15, -0.1) is 0 Å². The van der Waals surface area contributed by atoms with E-state index in [0.29, 0.717) is 24.5 Å². The number of hydrogen-bond acceptors (Lipinski definition) is 9. The van der Waals surface area contributed by atoms with Gasteiger partial charge in [0, 0.05) is 18.0 Å². The van der Waals surface area contributed by atoms with Crippen LogP contribution in [0.1, 0.15) is 64.7 Å². The monoisotopic (exact) mass is 691 g/mol. The van der Waals surface area contributed by atoms with Crippen molar-refractivity contribution in [3.05, 3.63) is 66.7 Å². The standard InChI is InChI=1S/C35H41N5O6S2/c1-34(18-19-34)48(44,45)39-32(43)35-21-23(35)12-6-3-2-4-9-16-27(36-24-13-7-5-8-14-24)31(42)40-22-25(20-28(40)30(41)38-35)46-33-37-26-15-10-11-17-29(26)47-33/h5-8,10-15,17,23,25,27-28,36H,2-4,9,16,18-22H2,1H3,(H,38,41)(H,39,43)/b12-6-/t23-,25-,27+,28+,35-/m1/s1. The van der Waals surface area contributed by atoms with E-state index in [9.17, 15) is 22.8 Å². The van der Waals surface area contributed by atoms with Crippen LogP contribution in [0.2, 0.25) is 0 Å². The molecule has 2 aromatic carbocycles. The smallest absolute Gasteiger partial charge is 0.274 e. The summed E-state index contributed by atoms with van der Waals surface area (Å²) in [5.74, 6) is -1.82. The molecular formula is C35H41N5O6S2. The van der Waals surface area contributed by atoms with E-state index in [2.05, 4.69) is 20.3 Å². The average Bonchev–Trinajstić information content (AvgIpc) is 3.87. The molecule has 254 valence electrons. The maximum atomic E-state index is 14.4. The van der Waals surface area contributed by atoms with Gasteiger partial charge in [-0.25, -0.2) is 13.4 Å².